The number of hydrogen-bond donors (Lipinski definition) is 1. The third-order valence-corrected chi connectivity index (χ3v) is 1.76. The highest BCUT2D eigenvalue weighted by molar-refractivity contribution is 5.76. The molecule has 0 atom stereocenters. The summed E-state index contributed by atoms with van der Waals surface area (Å²) in [6.45, 7) is 0.152. The molecule has 1 rings (SSSR count). The second kappa shape index (κ2) is 6.58. The number of hydrogen-bond acceptors (Lipinski definition) is 4. The van der Waals surface area contributed by atoms with Crippen LogP contribution in [0.25, 0.3) is 0 Å². The number of carbonyl (C=O) groups is 2. The van der Waals surface area contributed by atoms with Gasteiger partial charge in [-0.2, -0.15) is 4.89 Å². The average molecular weight is 224 g/mol. The van der Waals surface area contributed by atoms with Crippen molar-refractivity contribution in [3.8, 4) is 0 Å². The molecule has 0 saturated heterocycles. The van der Waals surface area contributed by atoms with Crippen molar-refractivity contribution in [1.29, 1.82) is 0 Å². The summed E-state index contributed by atoms with van der Waals surface area (Å²) in [6.07, 6.45) is -0.447. The summed E-state index contributed by atoms with van der Waals surface area (Å²) in [4.78, 5) is 30.1. The molecule has 0 heterocycles. The molecule has 0 unspecified atom stereocenters. The summed E-state index contributed by atoms with van der Waals surface area (Å²) in [5.74, 6) is -1.72. The van der Waals surface area contributed by atoms with Crippen molar-refractivity contribution in [3.63, 3.8) is 0 Å². The maximum absolute atomic E-state index is 10.9. The van der Waals surface area contributed by atoms with Gasteiger partial charge in [0.1, 0.15) is 6.61 Å². The van der Waals surface area contributed by atoms with Crippen LogP contribution in [0.4, 0.5) is 0 Å². The average Bonchev–Trinajstić information content (AvgIpc) is 2.28. The van der Waals surface area contributed by atoms with E-state index in [0.717, 1.165) is 5.56 Å². The Morgan fingerprint density at radius 2 is 1.81 bits per heavy atom. The van der Waals surface area contributed by atoms with Crippen molar-refractivity contribution in [3.05, 3.63) is 35.9 Å². The third-order valence-electron chi connectivity index (χ3n) is 1.76. The molecule has 0 amide bonds. The maximum Gasteiger partial charge on any atom is 0.342 e. The maximum atomic E-state index is 10.9. The minimum Gasteiger partial charge on any atom is -0.481 e. The molecule has 0 aromatic heterocycles. The summed E-state index contributed by atoms with van der Waals surface area (Å²) in [5.41, 5.74) is 0.869. The summed E-state index contributed by atoms with van der Waals surface area (Å²) in [6, 6.07) is 9.19. The van der Waals surface area contributed by atoms with E-state index in [0.29, 0.717) is 0 Å². The monoisotopic (exact) mass is 224 g/mol. The zero-order chi connectivity index (χ0) is 11.8. The van der Waals surface area contributed by atoms with Crippen LogP contribution in [0.5, 0.6) is 0 Å². The number of carbonyl (C=O) groups excluding carboxylic acids is 1. The van der Waals surface area contributed by atoms with Crippen LogP contribution in [-0.4, -0.2) is 17.0 Å². The molecule has 86 valence electrons. The predicted octanol–water partition coefficient (Wildman–Crippen LogP) is 1.53. The summed E-state index contributed by atoms with van der Waals surface area (Å²) in [5, 5.41) is 8.32. The molecule has 1 aromatic rings. The van der Waals surface area contributed by atoms with E-state index in [1.165, 1.54) is 0 Å². The zero-order valence-corrected chi connectivity index (χ0v) is 8.59. The highest BCUT2D eigenvalue weighted by Crippen LogP contribution is 2.02. The van der Waals surface area contributed by atoms with Gasteiger partial charge in [-0.15, -0.1) is 0 Å². The SMILES string of the molecule is O=C(O)CCC(=O)OOCc1ccccc1. The van der Waals surface area contributed by atoms with Crippen LogP contribution >= 0.6 is 0 Å². The first kappa shape index (κ1) is 12.2. The molecule has 0 spiro atoms. The van der Waals surface area contributed by atoms with Gasteiger partial charge in [-0.1, -0.05) is 30.3 Å². The smallest absolute Gasteiger partial charge is 0.342 e. The minimum absolute atomic E-state index is 0.152. The molecule has 5 nitrogen and oxygen atoms in total. The molecule has 1 aromatic carbocycles. The molecule has 0 aliphatic heterocycles. The molecule has 0 radical (unpaired) electrons. The minimum atomic E-state index is -1.04. The summed E-state index contributed by atoms with van der Waals surface area (Å²) >= 11 is 0. The van der Waals surface area contributed by atoms with Gasteiger partial charge in [-0.05, 0) is 5.56 Å². The van der Waals surface area contributed by atoms with Crippen molar-refractivity contribution < 1.29 is 24.5 Å². The first-order valence-electron chi connectivity index (χ1n) is 4.76. The van der Waals surface area contributed by atoms with Gasteiger partial charge >= 0.3 is 11.9 Å². The Labute approximate surface area is 92.5 Å². The Kier molecular flexibility index (Phi) is 5.01. The van der Waals surface area contributed by atoms with E-state index in [-0.39, 0.29) is 19.4 Å². The van der Waals surface area contributed by atoms with Crippen molar-refractivity contribution in [2.45, 2.75) is 19.4 Å². The van der Waals surface area contributed by atoms with Crippen LogP contribution < -0.4 is 0 Å². The first-order valence-corrected chi connectivity index (χ1v) is 4.76. The van der Waals surface area contributed by atoms with Crippen LogP contribution in [0, 0.1) is 0 Å². The van der Waals surface area contributed by atoms with Gasteiger partial charge < -0.3 is 5.11 Å². The van der Waals surface area contributed by atoms with Crippen molar-refractivity contribution in [1.82, 2.24) is 0 Å². The van der Waals surface area contributed by atoms with Gasteiger partial charge in [0.25, 0.3) is 0 Å². The molecule has 0 aliphatic carbocycles. The molecular formula is C11H12O5. The fourth-order valence-electron chi connectivity index (χ4n) is 0.988. The van der Waals surface area contributed by atoms with E-state index >= 15 is 0 Å². The quantitative estimate of drug-likeness (QED) is 0.586. The summed E-state index contributed by atoms with van der Waals surface area (Å²) in [7, 11) is 0. The van der Waals surface area contributed by atoms with Crippen molar-refractivity contribution in [2.75, 3.05) is 0 Å². The van der Waals surface area contributed by atoms with Crippen LogP contribution in [-0.2, 0) is 26.0 Å². The van der Waals surface area contributed by atoms with Crippen LogP contribution in [0.2, 0.25) is 0 Å². The Hall–Kier alpha value is -1.88. The lowest BCUT2D eigenvalue weighted by molar-refractivity contribution is -0.280. The van der Waals surface area contributed by atoms with Crippen LogP contribution in [0.1, 0.15) is 18.4 Å². The number of rotatable bonds is 6. The standard InChI is InChI=1S/C11H12O5/c12-10(13)6-7-11(14)16-15-8-9-4-2-1-3-5-9/h1-5H,6-8H2,(H,12,13). The van der Waals surface area contributed by atoms with E-state index in [1.807, 2.05) is 30.3 Å². The van der Waals surface area contributed by atoms with E-state index < -0.39 is 11.9 Å². The lowest BCUT2D eigenvalue weighted by Gasteiger charge is -2.02. The molecular weight excluding hydrogens is 212 g/mol. The number of benzene rings is 1. The third kappa shape index (κ3) is 5.11. The Bertz CT molecular complexity index is 347. The molecule has 1 N–H and O–H groups in total. The zero-order valence-electron chi connectivity index (χ0n) is 8.59. The van der Waals surface area contributed by atoms with E-state index in [1.54, 1.807) is 0 Å². The number of carboxylic acid groups (broad SMARTS) is 1. The normalized spacial score (nSPS) is 9.75. The fourth-order valence-corrected chi connectivity index (χ4v) is 0.988. The number of aliphatic carboxylic acids is 1. The van der Waals surface area contributed by atoms with E-state index in [2.05, 4.69) is 9.78 Å². The lowest BCUT2D eigenvalue weighted by atomic mass is 10.2. The Morgan fingerprint density at radius 1 is 1.12 bits per heavy atom. The second-order valence-corrected chi connectivity index (χ2v) is 3.10. The fraction of sp³-hybridized carbons (Fsp3) is 0.273. The molecule has 0 saturated carbocycles. The second-order valence-electron chi connectivity index (χ2n) is 3.10. The molecule has 0 fully saturated rings. The predicted molar refractivity (Wildman–Crippen MR) is 54.2 cm³/mol. The highest BCUT2D eigenvalue weighted by atomic mass is 17.2. The Morgan fingerprint density at radius 3 is 2.44 bits per heavy atom. The largest absolute Gasteiger partial charge is 0.481 e. The highest BCUT2D eigenvalue weighted by Gasteiger charge is 2.07. The van der Waals surface area contributed by atoms with Gasteiger partial charge in [-0.25, -0.2) is 4.79 Å². The van der Waals surface area contributed by atoms with Gasteiger partial charge in [0.15, 0.2) is 0 Å². The van der Waals surface area contributed by atoms with Crippen LogP contribution in [0.15, 0.2) is 30.3 Å². The molecule has 16 heavy (non-hydrogen) atoms. The lowest BCUT2D eigenvalue weighted by Crippen LogP contribution is -2.08. The van der Waals surface area contributed by atoms with Gasteiger partial charge in [0, 0.05) is 0 Å². The van der Waals surface area contributed by atoms with Gasteiger partial charge in [0.2, 0.25) is 0 Å². The number of carboxylic acids is 1. The molecule has 0 aliphatic rings. The van der Waals surface area contributed by atoms with Crippen LogP contribution in [0.3, 0.4) is 0 Å². The topological polar surface area (TPSA) is 72.8 Å². The first-order chi connectivity index (χ1) is 7.68. The Balaban J connectivity index is 2.16. The van der Waals surface area contributed by atoms with E-state index in [9.17, 15) is 9.59 Å². The van der Waals surface area contributed by atoms with Crippen molar-refractivity contribution in [2.24, 2.45) is 0 Å². The van der Waals surface area contributed by atoms with E-state index in [4.69, 9.17) is 5.11 Å². The molecule has 5 heteroatoms. The molecule has 0 bridgehead atoms. The summed E-state index contributed by atoms with van der Waals surface area (Å²) < 4.78 is 0. The van der Waals surface area contributed by atoms with Gasteiger partial charge in [-0.3, -0.25) is 9.68 Å². The van der Waals surface area contributed by atoms with Gasteiger partial charge in [0.05, 0.1) is 12.8 Å². The van der Waals surface area contributed by atoms with Crippen molar-refractivity contribution >= 4 is 11.9 Å².